The van der Waals surface area contributed by atoms with E-state index in [4.69, 9.17) is 9.73 Å². The third-order valence-corrected chi connectivity index (χ3v) is 7.14. The number of carbonyl (C=O) groups excluding carboxylic acids is 1. The summed E-state index contributed by atoms with van der Waals surface area (Å²) in [6.07, 6.45) is 3.08. The lowest BCUT2D eigenvalue weighted by Gasteiger charge is -2.54. The molecule has 0 aromatic heterocycles. The Morgan fingerprint density at radius 3 is 2.59 bits per heavy atom. The van der Waals surface area contributed by atoms with Crippen LogP contribution in [0.25, 0.3) is 0 Å². The zero-order valence-electron chi connectivity index (χ0n) is 17.2. The maximum absolute atomic E-state index is 13.2. The van der Waals surface area contributed by atoms with Crippen LogP contribution in [-0.2, 0) is 14.9 Å². The van der Waals surface area contributed by atoms with Crippen LogP contribution >= 0.6 is 0 Å². The molecule has 27 heavy (non-hydrogen) atoms. The monoisotopic (exact) mass is 368 g/mol. The first kappa shape index (κ1) is 18.7. The summed E-state index contributed by atoms with van der Waals surface area (Å²) in [7, 11) is 0. The summed E-state index contributed by atoms with van der Waals surface area (Å²) in [6.45, 7) is 10.9. The van der Waals surface area contributed by atoms with Crippen LogP contribution in [0, 0.1) is 23.7 Å². The highest BCUT2D eigenvalue weighted by atomic mass is 16.5. The molecular formula is C23H32N2O2. The van der Waals surface area contributed by atoms with E-state index < -0.39 is 0 Å². The molecule has 5 atom stereocenters. The largest absolute Gasteiger partial charge is 0.349 e. The summed E-state index contributed by atoms with van der Waals surface area (Å²) >= 11 is 0. The Balaban J connectivity index is 1.70. The van der Waals surface area contributed by atoms with Crippen LogP contribution < -0.4 is 5.32 Å². The van der Waals surface area contributed by atoms with Crippen molar-refractivity contribution in [3.8, 4) is 0 Å². The number of hydrogen-bond acceptors (Lipinski definition) is 3. The molecule has 4 heteroatoms. The Hall–Kier alpha value is -1.68. The molecule has 4 rings (SSSR count). The fourth-order valence-electron chi connectivity index (χ4n) is 5.47. The molecule has 2 aliphatic heterocycles. The van der Waals surface area contributed by atoms with Crippen LogP contribution in [-0.4, -0.2) is 23.6 Å². The average Bonchev–Trinajstić information content (AvgIpc) is 2.61. The van der Waals surface area contributed by atoms with E-state index in [1.807, 2.05) is 18.2 Å². The summed E-state index contributed by atoms with van der Waals surface area (Å²) in [6, 6.07) is 10.2. The first-order valence-corrected chi connectivity index (χ1v) is 10.3. The van der Waals surface area contributed by atoms with Crippen molar-refractivity contribution in [1.29, 1.82) is 0 Å². The van der Waals surface area contributed by atoms with E-state index in [1.54, 1.807) is 0 Å². The van der Waals surface area contributed by atoms with Crippen molar-refractivity contribution in [2.75, 3.05) is 0 Å². The van der Waals surface area contributed by atoms with E-state index in [9.17, 15) is 4.79 Å². The van der Waals surface area contributed by atoms with Gasteiger partial charge in [-0.1, -0.05) is 43.7 Å². The van der Waals surface area contributed by atoms with Crippen LogP contribution in [0.15, 0.2) is 35.3 Å². The number of nitrogens with one attached hydrogen (secondary N) is 1. The lowest BCUT2D eigenvalue weighted by molar-refractivity contribution is -0.206. The van der Waals surface area contributed by atoms with Crippen LogP contribution in [0.1, 0.15) is 59.4 Å². The van der Waals surface area contributed by atoms with Crippen molar-refractivity contribution in [3.05, 3.63) is 35.9 Å². The molecule has 0 bridgehead atoms. The summed E-state index contributed by atoms with van der Waals surface area (Å²) < 4.78 is 6.47. The van der Waals surface area contributed by atoms with Gasteiger partial charge in [0.25, 0.3) is 0 Å². The predicted octanol–water partition coefficient (Wildman–Crippen LogP) is 4.30. The number of amidine groups is 1. The molecule has 4 nitrogen and oxygen atoms in total. The van der Waals surface area contributed by atoms with Crippen molar-refractivity contribution in [2.24, 2.45) is 28.7 Å². The van der Waals surface area contributed by atoms with Gasteiger partial charge < -0.3 is 10.1 Å². The topological polar surface area (TPSA) is 50.7 Å². The molecule has 0 spiro atoms. The van der Waals surface area contributed by atoms with E-state index >= 15 is 0 Å². The molecule has 2 heterocycles. The highest BCUT2D eigenvalue weighted by Gasteiger charge is 2.55. The summed E-state index contributed by atoms with van der Waals surface area (Å²) in [4.78, 5) is 18.2. The average molecular weight is 369 g/mol. The number of carbonyl (C=O) groups is 1. The predicted molar refractivity (Wildman–Crippen MR) is 107 cm³/mol. The molecule has 1 saturated heterocycles. The summed E-state index contributed by atoms with van der Waals surface area (Å²) in [5.74, 6) is 2.10. The van der Waals surface area contributed by atoms with Gasteiger partial charge in [-0.05, 0) is 63.9 Å². The lowest BCUT2D eigenvalue weighted by Crippen LogP contribution is -2.62. The highest BCUT2D eigenvalue weighted by Crippen LogP contribution is 2.51. The van der Waals surface area contributed by atoms with Gasteiger partial charge in [-0.25, -0.2) is 4.99 Å². The standard InChI is InChI=1S/C23H32N2O2/c1-14-11-12-17-16(13-14)18-19(26)24-21(25-20(18)27-23(17,4)5)22(2,3)15-9-7-6-8-10-15/h6-10,14,16-18,20H,11-13H2,1-5H3,(H,24,25,26)/t14-,16?,17?,18+,20?/m0/s1. The molecular weight excluding hydrogens is 336 g/mol. The van der Waals surface area contributed by atoms with Crippen molar-refractivity contribution in [3.63, 3.8) is 0 Å². The number of fused-ring (bicyclic) bond motifs is 3. The fourth-order valence-corrected chi connectivity index (χ4v) is 5.47. The Labute approximate surface area is 162 Å². The van der Waals surface area contributed by atoms with E-state index in [0.29, 0.717) is 17.8 Å². The summed E-state index contributed by atoms with van der Waals surface area (Å²) in [5.41, 5.74) is 0.531. The minimum absolute atomic E-state index is 0.0913. The van der Waals surface area contributed by atoms with Gasteiger partial charge in [-0.2, -0.15) is 0 Å². The zero-order valence-corrected chi connectivity index (χ0v) is 17.2. The number of ether oxygens (including phenoxy) is 1. The first-order valence-electron chi connectivity index (χ1n) is 10.3. The number of benzene rings is 1. The van der Waals surface area contributed by atoms with Gasteiger partial charge in [-0.3, -0.25) is 4.79 Å². The van der Waals surface area contributed by atoms with Gasteiger partial charge in [-0.15, -0.1) is 0 Å². The molecule has 2 fully saturated rings. The first-order chi connectivity index (χ1) is 12.7. The number of aliphatic imine (C=N–C) groups is 1. The van der Waals surface area contributed by atoms with Crippen LogP contribution in [0.3, 0.4) is 0 Å². The van der Waals surface area contributed by atoms with E-state index in [-0.39, 0.29) is 29.1 Å². The number of nitrogens with zero attached hydrogens (tertiary/aromatic N) is 1. The maximum atomic E-state index is 13.2. The minimum Gasteiger partial charge on any atom is -0.349 e. The van der Waals surface area contributed by atoms with Gasteiger partial charge in [0, 0.05) is 5.41 Å². The third-order valence-electron chi connectivity index (χ3n) is 7.14. The number of hydrogen-bond donors (Lipinski definition) is 1. The minimum atomic E-state index is -0.377. The third kappa shape index (κ3) is 3.12. The second kappa shape index (κ2) is 6.44. The van der Waals surface area contributed by atoms with Gasteiger partial charge in [0.05, 0.1) is 11.5 Å². The van der Waals surface area contributed by atoms with Gasteiger partial charge in [0.1, 0.15) is 5.84 Å². The van der Waals surface area contributed by atoms with Crippen LogP contribution in [0.2, 0.25) is 0 Å². The van der Waals surface area contributed by atoms with Gasteiger partial charge in [0.2, 0.25) is 5.91 Å². The Bertz CT molecular complexity index is 753. The maximum Gasteiger partial charge on any atom is 0.233 e. The highest BCUT2D eigenvalue weighted by molar-refractivity contribution is 6.06. The molecule has 1 saturated carbocycles. The zero-order chi connectivity index (χ0) is 19.4. The summed E-state index contributed by atoms with van der Waals surface area (Å²) in [5, 5.41) is 3.16. The normalized spacial score (nSPS) is 35.5. The molecule has 146 valence electrons. The smallest absolute Gasteiger partial charge is 0.233 e. The number of rotatable bonds is 2. The van der Waals surface area contributed by atoms with Gasteiger partial charge in [0.15, 0.2) is 6.23 Å². The Kier molecular flexibility index (Phi) is 4.45. The van der Waals surface area contributed by atoms with E-state index in [2.05, 4.69) is 52.1 Å². The lowest BCUT2D eigenvalue weighted by atomic mass is 9.61. The van der Waals surface area contributed by atoms with Crippen molar-refractivity contribution < 1.29 is 9.53 Å². The second-order valence-electron chi connectivity index (χ2n) is 9.78. The molecule has 3 unspecified atom stereocenters. The van der Waals surface area contributed by atoms with Crippen LogP contribution in [0.4, 0.5) is 0 Å². The van der Waals surface area contributed by atoms with Crippen LogP contribution in [0.5, 0.6) is 0 Å². The van der Waals surface area contributed by atoms with E-state index in [0.717, 1.165) is 24.2 Å². The SMILES string of the molecule is C[C@H]1CCC2C(C1)[C@@H]1C(=O)NC(C(C)(C)c3ccccc3)=NC1OC2(C)C. The fraction of sp³-hybridized carbons (Fsp3) is 0.652. The Morgan fingerprint density at radius 1 is 1.19 bits per heavy atom. The number of amides is 1. The molecule has 0 radical (unpaired) electrons. The Morgan fingerprint density at radius 2 is 1.89 bits per heavy atom. The van der Waals surface area contributed by atoms with E-state index in [1.165, 1.54) is 6.42 Å². The molecule has 1 aromatic carbocycles. The quantitative estimate of drug-likeness (QED) is 0.846. The van der Waals surface area contributed by atoms with Crippen molar-refractivity contribution >= 4 is 11.7 Å². The molecule has 1 amide bonds. The molecule has 1 N–H and O–H groups in total. The second-order valence-corrected chi connectivity index (χ2v) is 9.78. The molecule has 3 aliphatic rings. The van der Waals surface area contributed by atoms with Gasteiger partial charge >= 0.3 is 0 Å². The van der Waals surface area contributed by atoms with Crippen molar-refractivity contribution in [2.45, 2.75) is 71.1 Å². The van der Waals surface area contributed by atoms with Crippen molar-refractivity contribution in [1.82, 2.24) is 5.32 Å². The molecule has 1 aliphatic carbocycles. The molecule has 1 aromatic rings.